The first-order chi connectivity index (χ1) is 8.77. The fraction of sp³-hybridized carbons (Fsp3) is 0.643. The summed E-state index contributed by atoms with van der Waals surface area (Å²) >= 11 is 1.66. The molecule has 0 spiro atoms. The Kier molecular flexibility index (Phi) is 3.87. The first kappa shape index (κ1) is 14.3. The molecule has 1 amide bonds. The summed E-state index contributed by atoms with van der Waals surface area (Å²) in [6, 6.07) is 2.07. The number of carbonyl (C=O) groups is 1. The number of rotatable bonds is 3. The molecule has 1 fully saturated rings. The van der Waals surface area contributed by atoms with Crippen molar-refractivity contribution in [1.29, 1.82) is 0 Å². The van der Waals surface area contributed by atoms with Crippen molar-refractivity contribution in [2.45, 2.75) is 44.8 Å². The van der Waals surface area contributed by atoms with E-state index in [4.69, 9.17) is 4.74 Å². The Morgan fingerprint density at radius 3 is 2.74 bits per heavy atom. The van der Waals surface area contributed by atoms with Crippen LogP contribution in [0.3, 0.4) is 0 Å². The van der Waals surface area contributed by atoms with Crippen molar-refractivity contribution < 1.29 is 14.6 Å². The highest BCUT2D eigenvalue weighted by Gasteiger charge is 2.44. The summed E-state index contributed by atoms with van der Waals surface area (Å²) in [7, 11) is 0. The molecule has 1 aliphatic rings. The summed E-state index contributed by atoms with van der Waals surface area (Å²) in [5.74, 6) is 0. The summed E-state index contributed by atoms with van der Waals surface area (Å²) in [6.45, 7) is 6.26. The van der Waals surface area contributed by atoms with E-state index < -0.39 is 11.2 Å². The van der Waals surface area contributed by atoms with Crippen LogP contribution in [-0.2, 0) is 11.2 Å². The van der Waals surface area contributed by atoms with E-state index in [1.807, 2.05) is 26.2 Å². The van der Waals surface area contributed by atoms with Gasteiger partial charge in [0.1, 0.15) is 11.2 Å². The molecule has 19 heavy (non-hydrogen) atoms. The maximum atomic E-state index is 11.8. The number of likely N-dealkylation sites (tertiary alicyclic amines) is 1. The molecule has 0 aliphatic carbocycles. The Labute approximate surface area is 118 Å². The predicted octanol–water partition coefficient (Wildman–Crippen LogP) is 2.66. The van der Waals surface area contributed by atoms with E-state index in [1.54, 1.807) is 16.2 Å². The average Bonchev–Trinajstić information content (AvgIpc) is 2.72. The van der Waals surface area contributed by atoms with Crippen LogP contribution in [0.1, 0.15) is 32.8 Å². The van der Waals surface area contributed by atoms with Gasteiger partial charge in [-0.15, -0.1) is 0 Å². The molecule has 0 unspecified atom stereocenters. The molecule has 0 bridgehead atoms. The van der Waals surface area contributed by atoms with Gasteiger partial charge in [0, 0.05) is 0 Å². The van der Waals surface area contributed by atoms with E-state index in [0.717, 1.165) is 6.42 Å². The lowest BCUT2D eigenvalue weighted by Gasteiger charge is -2.46. The van der Waals surface area contributed by atoms with Crippen molar-refractivity contribution in [2.75, 3.05) is 13.1 Å². The number of hydrogen-bond acceptors (Lipinski definition) is 4. The fourth-order valence-electron chi connectivity index (χ4n) is 2.09. The van der Waals surface area contributed by atoms with Crippen molar-refractivity contribution in [2.24, 2.45) is 0 Å². The van der Waals surface area contributed by atoms with Crippen LogP contribution in [0.5, 0.6) is 0 Å². The number of β-amino-alcohol motifs (C(OH)–C–C–N with tert-alkyl or cyclic N) is 1. The van der Waals surface area contributed by atoms with Crippen LogP contribution in [-0.4, -0.2) is 40.4 Å². The lowest BCUT2D eigenvalue weighted by molar-refractivity contribution is -0.102. The third-order valence-electron chi connectivity index (χ3n) is 3.08. The van der Waals surface area contributed by atoms with E-state index in [-0.39, 0.29) is 6.09 Å². The second-order valence-corrected chi connectivity index (χ2v) is 6.97. The highest BCUT2D eigenvalue weighted by molar-refractivity contribution is 7.07. The van der Waals surface area contributed by atoms with Gasteiger partial charge in [0.2, 0.25) is 0 Å². The van der Waals surface area contributed by atoms with Crippen LogP contribution in [0.15, 0.2) is 16.8 Å². The molecule has 1 aromatic heterocycles. The fourth-order valence-corrected chi connectivity index (χ4v) is 2.79. The van der Waals surface area contributed by atoms with Gasteiger partial charge < -0.3 is 14.7 Å². The number of thiophene rings is 1. The van der Waals surface area contributed by atoms with Crippen molar-refractivity contribution in [3.63, 3.8) is 0 Å². The van der Waals surface area contributed by atoms with E-state index in [1.165, 1.54) is 5.56 Å². The quantitative estimate of drug-likeness (QED) is 0.928. The topological polar surface area (TPSA) is 49.8 Å². The van der Waals surface area contributed by atoms with Crippen LogP contribution in [0.2, 0.25) is 0 Å². The van der Waals surface area contributed by atoms with E-state index in [0.29, 0.717) is 19.5 Å². The zero-order chi connectivity index (χ0) is 14.1. The lowest BCUT2D eigenvalue weighted by Crippen LogP contribution is -2.64. The van der Waals surface area contributed by atoms with Gasteiger partial charge in [0.15, 0.2) is 0 Å². The summed E-state index contributed by atoms with van der Waals surface area (Å²) in [5, 5.41) is 14.4. The minimum atomic E-state index is -0.751. The highest BCUT2D eigenvalue weighted by atomic mass is 32.1. The lowest BCUT2D eigenvalue weighted by atomic mass is 9.88. The van der Waals surface area contributed by atoms with Gasteiger partial charge in [0.05, 0.1) is 13.1 Å². The van der Waals surface area contributed by atoms with Crippen molar-refractivity contribution in [1.82, 2.24) is 4.90 Å². The third kappa shape index (κ3) is 3.94. The number of amides is 1. The zero-order valence-corrected chi connectivity index (χ0v) is 12.5. The molecule has 0 saturated carbocycles. The first-order valence-corrected chi connectivity index (χ1v) is 7.43. The van der Waals surface area contributed by atoms with Gasteiger partial charge >= 0.3 is 6.09 Å². The molecular weight excluding hydrogens is 262 g/mol. The van der Waals surface area contributed by atoms with Gasteiger partial charge in [-0.1, -0.05) is 0 Å². The number of hydrogen-bond donors (Lipinski definition) is 1. The maximum Gasteiger partial charge on any atom is 0.410 e. The van der Waals surface area contributed by atoms with Crippen LogP contribution < -0.4 is 0 Å². The Morgan fingerprint density at radius 1 is 1.53 bits per heavy atom. The molecule has 0 atom stereocenters. The number of ether oxygens (including phenoxy) is 1. The van der Waals surface area contributed by atoms with Gasteiger partial charge in [-0.2, -0.15) is 11.3 Å². The van der Waals surface area contributed by atoms with Crippen LogP contribution in [0.4, 0.5) is 4.79 Å². The number of nitrogens with zero attached hydrogens (tertiary/aromatic N) is 1. The van der Waals surface area contributed by atoms with Gasteiger partial charge in [-0.3, -0.25) is 0 Å². The van der Waals surface area contributed by atoms with Gasteiger partial charge in [-0.05, 0) is 56.0 Å². The second kappa shape index (κ2) is 5.13. The molecule has 2 rings (SSSR count). The monoisotopic (exact) mass is 283 g/mol. The van der Waals surface area contributed by atoms with Crippen molar-refractivity contribution in [3.8, 4) is 0 Å². The molecule has 1 saturated heterocycles. The van der Waals surface area contributed by atoms with Crippen LogP contribution in [0.25, 0.3) is 0 Å². The molecule has 106 valence electrons. The average molecular weight is 283 g/mol. The molecule has 1 N–H and O–H groups in total. The van der Waals surface area contributed by atoms with Crippen molar-refractivity contribution in [3.05, 3.63) is 22.4 Å². The molecule has 1 aromatic rings. The van der Waals surface area contributed by atoms with E-state index in [2.05, 4.69) is 11.4 Å². The number of aryl methyl sites for hydroxylation is 1. The van der Waals surface area contributed by atoms with E-state index >= 15 is 0 Å². The number of carbonyl (C=O) groups excluding carboxylic acids is 1. The molecule has 5 heteroatoms. The second-order valence-electron chi connectivity index (χ2n) is 6.19. The summed E-state index contributed by atoms with van der Waals surface area (Å²) in [4.78, 5) is 13.3. The Bertz CT molecular complexity index is 430. The summed E-state index contributed by atoms with van der Waals surface area (Å²) in [5.41, 5.74) is 0.00877. The number of aliphatic hydroxyl groups is 1. The Morgan fingerprint density at radius 2 is 2.21 bits per heavy atom. The minimum absolute atomic E-state index is 0.340. The maximum absolute atomic E-state index is 11.8. The zero-order valence-electron chi connectivity index (χ0n) is 11.7. The van der Waals surface area contributed by atoms with Crippen molar-refractivity contribution >= 4 is 17.4 Å². The smallest absolute Gasteiger partial charge is 0.410 e. The third-order valence-corrected chi connectivity index (χ3v) is 3.81. The Hall–Kier alpha value is -1.07. The molecule has 1 aliphatic heterocycles. The van der Waals surface area contributed by atoms with E-state index in [9.17, 15) is 9.90 Å². The standard InChI is InChI=1S/C14H21NO3S/c1-13(2,3)18-12(16)15-9-14(17,10-15)6-4-11-5-7-19-8-11/h5,7-8,17H,4,6,9-10H2,1-3H3. The predicted molar refractivity (Wildman–Crippen MR) is 75.4 cm³/mol. The molecular formula is C14H21NO3S. The largest absolute Gasteiger partial charge is 0.444 e. The minimum Gasteiger partial charge on any atom is -0.444 e. The highest BCUT2D eigenvalue weighted by Crippen LogP contribution is 2.28. The summed E-state index contributed by atoms with van der Waals surface area (Å²) < 4.78 is 5.26. The molecule has 0 radical (unpaired) electrons. The molecule has 4 nitrogen and oxygen atoms in total. The molecule has 2 heterocycles. The van der Waals surface area contributed by atoms with Crippen LogP contribution >= 0.6 is 11.3 Å². The van der Waals surface area contributed by atoms with Crippen LogP contribution in [0, 0.1) is 0 Å². The van der Waals surface area contributed by atoms with Gasteiger partial charge in [0.25, 0.3) is 0 Å². The normalized spacial score (nSPS) is 18.0. The molecule has 0 aromatic carbocycles. The SMILES string of the molecule is CC(C)(C)OC(=O)N1CC(O)(CCc2ccsc2)C1. The Balaban J connectivity index is 1.76. The first-order valence-electron chi connectivity index (χ1n) is 6.49. The summed E-state index contributed by atoms with van der Waals surface area (Å²) in [6.07, 6.45) is 1.19. The van der Waals surface area contributed by atoms with Gasteiger partial charge in [-0.25, -0.2) is 4.79 Å².